The summed E-state index contributed by atoms with van der Waals surface area (Å²) < 4.78 is 30.1. The maximum atomic E-state index is 12.4. The van der Waals surface area contributed by atoms with Crippen molar-refractivity contribution in [2.24, 2.45) is 0 Å². The lowest BCUT2D eigenvalue weighted by atomic mass is 10.3. The van der Waals surface area contributed by atoms with Gasteiger partial charge in [0.15, 0.2) is 9.84 Å². The van der Waals surface area contributed by atoms with Gasteiger partial charge in [-0.2, -0.15) is 0 Å². The average Bonchev–Trinajstić information content (AvgIpc) is 2.77. The first-order valence-corrected chi connectivity index (χ1v) is 7.97. The SMILES string of the molecule is CO[C@@H]1CC[C@@H](S(=O)(=O)c2ccc(Cl)cc2Cl)C1. The number of halogens is 2. The molecule has 0 amide bonds. The third kappa shape index (κ3) is 2.67. The fourth-order valence-electron chi connectivity index (χ4n) is 2.28. The maximum absolute atomic E-state index is 12.4. The Morgan fingerprint density at radius 1 is 1.28 bits per heavy atom. The van der Waals surface area contributed by atoms with Crippen LogP contribution in [0.5, 0.6) is 0 Å². The van der Waals surface area contributed by atoms with Crippen LogP contribution < -0.4 is 0 Å². The van der Waals surface area contributed by atoms with Crippen molar-refractivity contribution in [3.05, 3.63) is 28.2 Å². The van der Waals surface area contributed by atoms with Crippen LogP contribution in [0.15, 0.2) is 23.1 Å². The molecule has 18 heavy (non-hydrogen) atoms. The topological polar surface area (TPSA) is 43.4 Å². The Kier molecular flexibility index (Phi) is 4.22. The van der Waals surface area contributed by atoms with Gasteiger partial charge in [-0.05, 0) is 37.5 Å². The number of hydrogen-bond donors (Lipinski definition) is 0. The van der Waals surface area contributed by atoms with Crippen molar-refractivity contribution in [2.45, 2.75) is 35.5 Å². The van der Waals surface area contributed by atoms with Crippen LogP contribution in [0.1, 0.15) is 19.3 Å². The van der Waals surface area contributed by atoms with E-state index in [0.29, 0.717) is 17.9 Å². The van der Waals surface area contributed by atoms with Crippen LogP contribution in [-0.4, -0.2) is 26.9 Å². The summed E-state index contributed by atoms with van der Waals surface area (Å²) in [7, 11) is -1.79. The molecule has 1 aromatic rings. The largest absolute Gasteiger partial charge is 0.381 e. The van der Waals surface area contributed by atoms with Gasteiger partial charge in [-0.15, -0.1) is 0 Å². The summed E-state index contributed by atoms with van der Waals surface area (Å²) in [5.41, 5.74) is 0. The molecule has 0 aromatic heterocycles. The van der Waals surface area contributed by atoms with E-state index in [1.165, 1.54) is 12.1 Å². The third-order valence-corrected chi connectivity index (χ3v) is 6.24. The van der Waals surface area contributed by atoms with E-state index in [1.54, 1.807) is 13.2 Å². The van der Waals surface area contributed by atoms with Gasteiger partial charge in [-0.3, -0.25) is 0 Å². The summed E-state index contributed by atoms with van der Waals surface area (Å²) in [6.45, 7) is 0. The third-order valence-electron chi connectivity index (χ3n) is 3.31. The molecule has 1 fully saturated rings. The molecule has 0 heterocycles. The zero-order chi connectivity index (χ0) is 13.3. The first-order chi connectivity index (χ1) is 8.45. The molecule has 0 bridgehead atoms. The molecule has 2 rings (SSSR count). The lowest BCUT2D eigenvalue weighted by molar-refractivity contribution is 0.109. The van der Waals surface area contributed by atoms with Crippen molar-refractivity contribution < 1.29 is 13.2 Å². The van der Waals surface area contributed by atoms with Gasteiger partial charge in [-0.25, -0.2) is 8.42 Å². The lowest BCUT2D eigenvalue weighted by Gasteiger charge is -2.13. The first kappa shape index (κ1) is 14.1. The van der Waals surface area contributed by atoms with Crippen LogP contribution in [-0.2, 0) is 14.6 Å². The molecule has 0 N–H and O–H groups in total. The number of hydrogen-bond acceptors (Lipinski definition) is 3. The van der Waals surface area contributed by atoms with Gasteiger partial charge in [0.25, 0.3) is 0 Å². The normalized spacial score (nSPS) is 24.4. The molecule has 2 atom stereocenters. The van der Waals surface area contributed by atoms with Gasteiger partial charge in [0.2, 0.25) is 0 Å². The molecule has 0 saturated heterocycles. The number of rotatable bonds is 3. The van der Waals surface area contributed by atoms with E-state index < -0.39 is 15.1 Å². The summed E-state index contributed by atoms with van der Waals surface area (Å²) in [5, 5.41) is 0.199. The highest BCUT2D eigenvalue weighted by molar-refractivity contribution is 7.92. The van der Waals surface area contributed by atoms with Crippen LogP contribution in [0.4, 0.5) is 0 Å². The van der Waals surface area contributed by atoms with Gasteiger partial charge in [-0.1, -0.05) is 23.2 Å². The van der Waals surface area contributed by atoms with E-state index in [1.807, 2.05) is 0 Å². The van der Waals surface area contributed by atoms with E-state index in [9.17, 15) is 8.42 Å². The summed E-state index contributed by atoms with van der Waals surface area (Å²) in [4.78, 5) is 0.162. The van der Waals surface area contributed by atoms with Crippen molar-refractivity contribution in [1.29, 1.82) is 0 Å². The van der Waals surface area contributed by atoms with Crippen molar-refractivity contribution in [3.63, 3.8) is 0 Å². The molecule has 0 radical (unpaired) electrons. The fourth-order valence-corrected chi connectivity index (χ4v) is 4.88. The predicted molar refractivity (Wildman–Crippen MR) is 72.1 cm³/mol. The minimum absolute atomic E-state index is 0.0239. The number of benzene rings is 1. The quantitative estimate of drug-likeness (QED) is 0.860. The van der Waals surface area contributed by atoms with E-state index in [-0.39, 0.29) is 16.0 Å². The second-order valence-electron chi connectivity index (χ2n) is 4.41. The van der Waals surface area contributed by atoms with E-state index in [2.05, 4.69) is 0 Å². The lowest BCUT2D eigenvalue weighted by Crippen LogP contribution is -2.20. The highest BCUT2D eigenvalue weighted by Crippen LogP contribution is 2.34. The number of ether oxygens (including phenoxy) is 1. The summed E-state index contributed by atoms with van der Waals surface area (Å²) >= 11 is 11.7. The van der Waals surface area contributed by atoms with E-state index in [4.69, 9.17) is 27.9 Å². The number of sulfone groups is 1. The molecule has 1 aliphatic carbocycles. The highest BCUT2D eigenvalue weighted by atomic mass is 35.5. The highest BCUT2D eigenvalue weighted by Gasteiger charge is 2.36. The Morgan fingerprint density at radius 3 is 2.56 bits per heavy atom. The van der Waals surface area contributed by atoms with Gasteiger partial charge in [0.1, 0.15) is 0 Å². The molecule has 100 valence electrons. The molecule has 0 aliphatic heterocycles. The summed E-state index contributed by atoms with van der Waals surface area (Å²) in [5.74, 6) is 0. The predicted octanol–water partition coefficient (Wildman–Crippen LogP) is 3.33. The molecular formula is C12H14Cl2O3S. The monoisotopic (exact) mass is 308 g/mol. The van der Waals surface area contributed by atoms with Gasteiger partial charge in [0, 0.05) is 12.1 Å². The van der Waals surface area contributed by atoms with E-state index >= 15 is 0 Å². The van der Waals surface area contributed by atoms with Crippen LogP contribution in [0, 0.1) is 0 Å². The molecule has 0 spiro atoms. The molecule has 1 aromatic carbocycles. The fraction of sp³-hybridized carbons (Fsp3) is 0.500. The standard InChI is InChI=1S/C12H14Cl2O3S/c1-17-9-3-4-10(7-9)18(15,16)12-5-2-8(13)6-11(12)14/h2,5-6,9-10H,3-4,7H2,1H3/t9-,10-/m1/s1. The van der Waals surface area contributed by atoms with Crippen molar-refractivity contribution in [1.82, 2.24) is 0 Å². The summed E-state index contributed by atoms with van der Waals surface area (Å²) in [6.07, 6.45) is 1.93. The minimum atomic E-state index is -3.40. The Balaban J connectivity index is 2.31. The van der Waals surface area contributed by atoms with Gasteiger partial charge in [0.05, 0.1) is 21.3 Å². The zero-order valence-electron chi connectivity index (χ0n) is 9.90. The van der Waals surface area contributed by atoms with Crippen LogP contribution in [0.2, 0.25) is 10.0 Å². The van der Waals surface area contributed by atoms with Crippen LogP contribution in [0.25, 0.3) is 0 Å². The minimum Gasteiger partial charge on any atom is -0.381 e. The van der Waals surface area contributed by atoms with Gasteiger partial charge >= 0.3 is 0 Å². The molecule has 1 saturated carbocycles. The average molecular weight is 309 g/mol. The molecule has 3 nitrogen and oxygen atoms in total. The molecule has 1 aliphatic rings. The Bertz CT molecular complexity index is 542. The first-order valence-electron chi connectivity index (χ1n) is 5.67. The maximum Gasteiger partial charge on any atom is 0.182 e. The second kappa shape index (κ2) is 5.37. The Hall–Kier alpha value is -0.290. The van der Waals surface area contributed by atoms with Gasteiger partial charge < -0.3 is 4.74 Å². The summed E-state index contributed by atoms with van der Waals surface area (Å²) in [6, 6.07) is 4.47. The van der Waals surface area contributed by atoms with E-state index in [0.717, 1.165) is 6.42 Å². The molecular weight excluding hydrogens is 295 g/mol. The van der Waals surface area contributed by atoms with Crippen molar-refractivity contribution in [3.8, 4) is 0 Å². The molecule has 0 unspecified atom stereocenters. The van der Waals surface area contributed by atoms with Crippen LogP contribution >= 0.6 is 23.2 Å². The van der Waals surface area contributed by atoms with Crippen LogP contribution in [0.3, 0.4) is 0 Å². The Labute approximate surface area is 117 Å². The zero-order valence-corrected chi connectivity index (χ0v) is 12.2. The second-order valence-corrected chi connectivity index (χ2v) is 7.45. The smallest absolute Gasteiger partial charge is 0.182 e. The Morgan fingerprint density at radius 2 is 2.00 bits per heavy atom. The number of methoxy groups -OCH3 is 1. The molecule has 6 heteroatoms. The van der Waals surface area contributed by atoms with Crippen molar-refractivity contribution in [2.75, 3.05) is 7.11 Å². The van der Waals surface area contributed by atoms with Crippen molar-refractivity contribution >= 4 is 33.0 Å².